The molecule has 6 nitrogen and oxygen atoms in total. The van der Waals surface area contributed by atoms with Crippen LogP contribution < -0.4 is 11.1 Å². The maximum absolute atomic E-state index is 5.56. The van der Waals surface area contributed by atoms with Crippen LogP contribution in [0.15, 0.2) is 12.5 Å². The third-order valence-corrected chi connectivity index (χ3v) is 2.45. The molecule has 0 saturated heterocycles. The molecule has 0 aromatic rings. The van der Waals surface area contributed by atoms with Crippen molar-refractivity contribution in [2.45, 2.75) is 39.2 Å². The van der Waals surface area contributed by atoms with Gasteiger partial charge in [-0.15, -0.1) is 0 Å². The van der Waals surface area contributed by atoms with Gasteiger partial charge in [0, 0.05) is 19.8 Å². The second-order valence-corrected chi connectivity index (χ2v) is 5.90. The molecule has 0 bridgehead atoms. The summed E-state index contributed by atoms with van der Waals surface area (Å²) in [7, 11) is 0. The Bertz CT molecular complexity index is 267. The lowest BCUT2D eigenvalue weighted by Gasteiger charge is -2.23. The van der Waals surface area contributed by atoms with Crippen LogP contribution in [0.1, 0.15) is 33.6 Å². The quantitative estimate of drug-likeness (QED) is 0.353. The maximum Gasteiger partial charge on any atom is 0.179 e. The minimum Gasteiger partial charge on any atom is -0.474 e. The molecular formula is C16H34N2O4. The predicted molar refractivity (Wildman–Crippen MR) is 88.7 cm³/mol. The van der Waals surface area contributed by atoms with Gasteiger partial charge in [0.1, 0.15) is 5.60 Å². The van der Waals surface area contributed by atoms with Crippen LogP contribution in [0.2, 0.25) is 0 Å². The summed E-state index contributed by atoms with van der Waals surface area (Å²) < 4.78 is 21.7. The van der Waals surface area contributed by atoms with Crippen LogP contribution in [-0.2, 0) is 18.9 Å². The van der Waals surface area contributed by atoms with Gasteiger partial charge in [0.25, 0.3) is 0 Å². The van der Waals surface area contributed by atoms with Crippen LogP contribution in [0.3, 0.4) is 0 Å². The van der Waals surface area contributed by atoms with Crippen molar-refractivity contribution in [3.8, 4) is 0 Å². The zero-order chi connectivity index (χ0) is 16.7. The Kier molecular flexibility index (Phi) is 13.3. The summed E-state index contributed by atoms with van der Waals surface area (Å²) in [5, 5.41) is 3.12. The topological polar surface area (TPSA) is 75.0 Å². The van der Waals surface area contributed by atoms with Gasteiger partial charge < -0.3 is 30.0 Å². The van der Waals surface area contributed by atoms with E-state index in [4.69, 9.17) is 24.7 Å². The molecule has 0 unspecified atom stereocenters. The average Bonchev–Trinajstić information content (AvgIpc) is 2.42. The summed E-state index contributed by atoms with van der Waals surface area (Å²) in [6, 6.07) is 0. The summed E-state index contributed by atoms with van der Waals surface area (Å²) in [6.07, 6.45) is 1.79. The Morgan fingerprint density at radius 1 is 0.909 bits per heavy atom. The van der Waals surface area contributed by atoms with E-state index in [1.807, 2.05) is 20.8 Å². The molecule has 132 valence electrons. The third-order valence-electron chi connectivity index (χ3n) is 2.45. The first kappa shape index (κ1) is 21.2. The molecule has 0 aliphatic carbocycles. The van der Waals surface area contributed by atoms with Crippen LogP contribution in [-0.4, -0.2) is 58.3 Å². The molecule has 0 aromatic carbocycles. The van der Waals surface area contributed by atoms with Crippen molar-refractivity contribution in [3.63, 3.8) is 0 Å². The molecule has 0 aliphatic rings. The van der Waals surface area contributed by atoms with Crippen LogP contribution >= 0.6 is 0 Å². The molecule has 0 aromatic heterocycles. The van der Waals surface area contributed by atoms with Gasteiger partial charge in [-0.25, -0.2) is 0 Å². The maximum atomic E-state index is 5.56. The molecule has 0 rings (SSSR count). The predicted octanol–water partition coefficient (Wildman–Crippen LogP) is 1.65. The highest BCUT2D eigenvalue weighted by Gasteiger charge is 2.11. The number of rotatable bonds is 15. The van der Waals surface area contributed by atoms with Crippen LogP contribution in [0.25, 0.3) is 0 Å². The van der Waals surface area contributed by atoms with Crippen molar-refractivity contribution >= 4 is 0 Å². The number of ether oxygens (including phenoxy) is 4. The van der Waals surface area contributed by atoms with Gasteiger partial charge in [-0.3, -0.25) is 0 Å². The summed E-state index contributed by atoms with van der Waals surface area (Å²) in [6.45, 7) is 15.0. The number of hydrogen-bond acceptors (Lipinski definition) is 6. The van der Waals surface area contributed by atoms with E-state index < -0.39 is 0 Å². The van der Waals surface area contributed by atoms with Gasteiger partial charge in [-0.2, -0.15) is 0 Å². The van der Waals surface area contributed by atoms with E-state index in [9.17, 15) is 0 Å². The van der Waals surface area contributed by atoms with Gasteiger partial charge >= 0.3 is 0 Å². The second kappa shape index (κ2) is 13.8. The monoisotopic (exact) mass is 318 g/mol. The fourth-order valence-electron chi connectivity index (χ4n) is 1.54. The lowest BCUT2D eigenvalue weighted by atomic mass is 10.2. The van der Waals surface area contributed by atoms with Gasteiger partial charge in [-0.1, -0.05) is 0 Å². The molecule has 0 heterocycles. The molecule has 6 heteroatoms. The Morgan fingerprint density at radius 2 is 1.41 bits per heavy atom. The SMILES string of the molecule is C=C(NCCCOCCOCCOCCCN)OC(C)(C)C. The fourth-order valence-corrected chi connectivity index (χ4v) is 1.54. The smallest absolute Gasteiger partial charge is 0.179 e. The molecule has 0 saturated carbocycles. The fraction of sp³-hybridized carbons (Fsp3) is 0.875. The lowest BCUT2D eigenvalue weighted by molar-refractivity contribution is 0.0134. The first-order chi connectivity index (χ1) is 10.5. The van der Waals surface area contributed by atoms with E-state index in [0.717, 1.165) is 19.4 Å². The van der Waals surface area contributed by atoms with E-state index in [-0.39, 0.29) is 5.60 Å². The minimum atomic E-state index is -0.216. The zero-order valence-corrected chi connectivity index (χ0v) is 14.5. The van der Waals surface area contributed by atoms with Gasteiger partial charge in [0.2, 0.25) is 0 Å². The van der Waals surface area contributed by atoms with E-state index in [1.165, 1.54) is 0 Å². The van der Waals surface area contributed by atoms with Crippen molar-refractivity contribution in [3.05, 3.63) is 12.5 Å². The van der Waals surface area contributed by atoms with Crippen LogP contribution in [0, 0.1) is 0 Å². The average molecular weight is 318 g/mol. The van der Waals surface area contributed by atoms with E-state index in [2.05, 4.69) is 11.9 Å². The summed E-state index contributed by atoms with van der Waals surface area (Å²) in [5.41, 5.74) is 5.14. The highest BCUT2D eigenvalue weighted by Crippen LogP contribution is 2.09. The van der Waals surface area contributed by atoms with Gasteiger partial charge in [-0.05, 0) is 46.7 Å². The summed E-state index contributed by atoms with van der Waals surface area (Å²) in [4.78, 5) is 0. The minimum absolute atomic E-state index is 0.216. The highest BCUT2D eigenvalue weighted by atomic mass is 16.5. The van der Waals surface area contributed by atoms with E-state index >= 15 is 0 Å². The molecular weight excluding hydrogens is 284 g/mol. The first-order valence-corrected chi connectivity index (χ1v) is 8.01. The number of nitrogens with two attached hydrogens (primary N) is 1. The van der Waals surface area contributed by atoms with Crippen molar-refractivity contribution in [1.82, 2.24) is 5.32 Å². The zero-order valence-electron chi connectivity index (χ0n) is 14.5. The molecule has 0 radical (unpaired) electrons. The van der Waals surface area contributed by atoms with Crippen molar-refractivity contribution in [2.24, 2.45) is 5.73 Å². The van der Waals surface area contributed by atoms with Crippen molar-refractivity contribution < 1.29 is 18.9 Å². The van der Waals surface area contributed by atoms with Gasteiger partial charge in [0.05, 0.1) is 26.4 Å². The molecule has 3 N–H and O–H groups in total. The molecule has 0 aliphatic heterocycles. The first-order valence-electron chi connectivity index (χ1n) is 8.01. The summed E-state index contributed by atoms with van der Waals surface area (Å²) in [5.74, 6) is 0.602. The third kappa shape index (κ3) is 17.2. The Morgan fingerprint density at radius 3 is 1.91 bits per heavy atom. The standard InChI is InChI=1S/C16H34N2O4/c1-15(22-16(2,3)4)18-8-6-10-20-12-14-21-13-11-19-9-5-7-17/h18H,1,5-14,17H2,2-4H3. The molecule has 0 spiro atoms. The lowest BCUT2D eigenvalue weighted by Crippen LogP contribution is -2.26. The second-order valence-electron chi connectivity index (χ2n) is 5.90. The van der Waals surface area contributed by atoms with E-state index in [1.54, 1.807) is 0 Å². The Hall–Kier alpha value is -0.820. The Balaban J connectivity index is 3.16. The normalized spacial score (nSPS) is 11.5. The molecule has 22 heavy (non-hydrogen) atoms. The molecule has 0 amide bonds. The Labute approximate surface area is 135 Å². The highest BCUT2D eigenvalue weighted by molar-refractivity contribution is 4.82. The largest absolute Gasteiger partial charge is 0.474 e. The van der Waals surface area contributed by atoms with Crippen molar-refractivity contribution in [2.75, 3.05) is 52.7 Å². The van der Waals surface area contributed by atoms with Crippen molar-refractivity contribution in [1.29, 1.82) is 0 Å². The molecule has 0 atom stereocenters. The van der Waals surface area contributed by atoms with E-state index in [0.29, 0.717) is 52.1 Å². The molecule has 0 fully saturated rings. The van der Waals surface area contributed by atoms with Gasteiger partial charge in [0.15, 0.2) is 5.88 Å². The number of hydrogen-bond donors (Lipinski definition) is 2. The van der Waals surface area contributed by atoms with Crippen LogP contribution in [0.4, 0.5) is 0 Å². The summed E-state index contributed by atoms with van der Waals surface area (Å²) >= 11 is 0. The van der Waals surface area contributed by atoms with Crippen LogP contribution in [0.5, 0.6) is 0 Å². The number of nitrogens with one attached hydrogen (secondary N) is 1.